The van der Waals surface area contributed by atoms with Gasteiger partial charge in [-0.25, -0.2) is 4.79 Å². The highest BCUT2D eigenvalue weighted by Gasteiger charge is 2.21. The van der Waals surface area contributed by atoms with E-state index >= 15 is 0 Å². The molecule has 0 fully saturated rings. The molecule has 1 unspecified atom stereocenters. The summed E-state index contributed by atoms with van der Waals surface area (Å²) < 4.78 is 4.91. The Morgan fingerprint density at radius 1 is 1.48 bits per heavy atom. The minimum absolute atomic E-state index is 0.0280. The fourth-order valence-corrected chi connectivity index (χ4v) is 2.48. The number of thiophene rings is 1. The smallest absolute Gasteiger partial charge is 0.341 e. The number of hydrogen-bond donors (Lipinski definition) is 3. The third-order valence-corrected chi connectivity index (χ3v) is 3.56. The van der Waals surface area contributed by atoms with E-state index in [1.807, 2.05) is 0 Å². The topological polar surface area (TPSA) is 119 Å². The number of hydrogen-bond acceptors (Lipinski definition) is 6. The Morgan fingerprint density at radius 2 is 2.14 bits per heavy atom. The molecule has 4 N–H and O–H groups in total. The minimum Gasteiger partial charge on any atom is -0.481 e. The van der Waals surface area contributed by atoms with Crippen molar-refractivity contribution in [3.05, 3.63) is 16.5 Å². The molecule has 1 amide bonds. The van der Waals surface area contributed by atoms with Gasteiger partial charge in [-0.15, -0.1) is 11.3 Å². The monoisotopic (exact) mass is 314 g/mol. The van der Waals surface area contributed by atoms with Crippen molar-refractivity contribution in [3.8, 4) is 0 Å². The zero-order chi connectivity index (χ0) is 16.0. The quantitative estimate of drug-likeness (QED) is 0.654. The average Bonchev–Trinajstić information content (AvgIpc) is 2.77. The van der Waals surface area contributed by atoms with Gasteiger partial charge in [0.05, 0.1) is 18.2 Å². The fourth-order valence-electron chi connectivity index (χ4n) is 1.58. The van der Waals surface area contributed by atoms with Crippen LogP contribution >= 0.6 is 11.3 Å². The molecule has 1 rings (SSSR count). The van der Waals surface area contributed by atoms with Crippen LogP contribution in [0, 0.1) is 6.92 Å². The summed E-state index contributed by atoms with van der Waals surface area (Å²) in [6.45, 7) is 3.73. The highest BCUT2D eigenvalue weighted by molar-refractivity contribution is 7.16. The van der Waals surface area contributed by atoms with E-state index in [9.17, 15) is 14.4 Å². The Bertz CT molecular complexity index is 541. The predicted octanol–water partition coefficient (Wildman–Crippen LogP) is 1.36. The lowest BCUT2D eigenvalue weighted by atomic mass is 10.1. The van der Waals surface area contributed by atoms with Crippen LogP contribution < -0.4 is 11.1 Å². The van der Waals surface area contributed by atoms with Crippen molar-refractivity contribution in [2.24, 2.45) is 5.73 Å². The van der Waals surface area contributed by atoms with E-state index in [0.29, 0.717) is 5.00 Å². The number of anilines is 1. The van der Waals surface area contributed by atoms with Gasteiger partial charge in [0.15, 0.2) is 0 Å². The van der Waals surface area contributed by atoms with E-state index in [-0.39, 0.29) is 25.0 Å². The van der Waals surface area contributed by atoms with E-state index in [1.54, 1.807) is 19.9 Å². The third kappa shape index (κ3) is 5.16. The van der Waals surface area contributed by atoms with Gasteiger partial charge in [-0.3, -0.25) is 9.59 Å². The first-order valence-corrected chi connectivity index (χ1v) is 7.22. The van der Waals surface area contributed by atoms with Crippen LogP contribution in [0.3, 0.4) is 0 Å². The number of amides is 1. The molecule has 0 saturated heterocycles. The highest BCUT2D eigenvalue weighted by Crippen LogP contribution is 2.28. The molecule has 116 valence electrons. The molecule has 1 heterocycles. The summed E-state index contributed by atoms with van der Waals surface area (Å²) in [5, 5.41) is 11.5. The first-order chi connectivity index (χ1) is 9.85. The summed E-state index contributed by atoms with van der Waals surface area (Å²) in [5.41, 5.74) is 5.89. The lowest BCUT2D eigenvalue weighted by Gasteiger charge is -2.11. The second kappa shape index (κ2) is 7.75. The molecule has 0 aliphatic heterocycles. The first kappa shape index (κ1) is 17.1. The molecule has 21 heavy (non-hydrogen) atoms. The number of esters is 1. The number of carboxylic acids is 1. The number of carboxylic acid groups (broad SMARTS) is 1. The van der Waals surface area contributed by atoms with Crippen LogP contribution in [-0.2, 0) is 14.3 Å². The van der Waals surface area contributed by atoms with Gasteiger partial charge in [-0.05, 0) is 26.3 Å². The van der Waals surface area contributed by atoms with E-state index < -0.39 is 23.9 Å². The van der Waals surface area contributed by atoms with Gasteiger partial charge in [0.2, 0.25) is 5.91 Å². The van der Waals surface area contributed by atoms with Crippen LogP contribution in [0.25, 0.3) is 0 Å². The lowest BCUT2D eigenvalue weighted by molar-refractivity contribution is -0.137. The third-order valence-electron chi connectivity index (χ3n) is 2.59. The Labute approximate surface area is 126 Å². The van der Waals surface area contributed by atoms with Gasteiger partial charge in [-0.2, -0.15) is 0 Å². The summed E-state index contributed by atoms with van der Waals surface area (Å²) in [6.07, 6.45) is -0.164. The van der Waals surface area contributed by atoms with Crippen LogP contribution in [0.2, 0.25) is 0 Å². The van der Waals surface area contributed by atoms with Crippen molar-refractivity contribution in [2.75, 3.05) is 11.9 Å². The Balaban J connectivity index is 2.75. The van der Waals surface area contributed by atoms with Crippen molar-refractivity contribution in [3.63, 3.8) is 0 Å². The normalized spacial score (nSPS) is 11.8. The number of carbonyl (C=O) groups excluding carboxylic acids is 2. The van der Waals surface area contributed by atoms with Crippen LogP contribution in [0.15, 0.2) is 6.07 Å². The van der Waals surface area contributed by atoms with Gasteiger partial charge < -0.3 is 20.9 Å². The average molecular weight is 314 g/mol. The highest BCUT2D eigenvalue weighted by atomic mass is 32.1. The maximum atomic E-state index is 11.9. The van der Waals surface area contributed by atoms with Crippen molar-refractivity contribution in [1.82, 2.24) is 0 Å². The van der Waals surface area contributed by atoms with Crippen molar-refractivity contribution in [1.29, 1.82) is 0 Å². The molecule has 0 spiro atoms. The SMILES string of the molecule is CCOC(=O)c1cc(C)sc1NC(=O)C(N)CCC(=O)O. The first-order valence-electron chi connectivity index (χ1n) is 6.41. The van der Waals surface area contributed by atoms with Crippen LogP contribution in [-0.4, -0.2) is 35.6 Å². The van der Waals surface area contributed by atoms with Crippen molar-refractivity contribution >= 4 is 34.2 Å². The van der Waals surface area contributed by atoms with Gasteiger partial charge in [-0.1, -0.05) is 0 Å². The zero-order valence-corrected chi connectivity index (χ0v) is 12.7. The molecule has 0 aliphatic carbocycles. The second-order valence-electron chi connectivity index (χ2n) is 4.35. The fraction of sp³-hybridized carbons (Fsp3) is 0.462. The Hall–Kier alpha value is -1.93. The molecule has 1 aromatic heterocycles. The Kier molecular flexibility index (Phi) is 6.32. The molecule has 1 atom stereocenters. The molecular weight excluding hydrogens is 296 g/mol. The molecule has 0 saturated carbocycles. The van der Waals surface area contributed by atoms with E-state index in [4.69, 9.17) is 15.6 Å². The van der Waals surface area contributed by atoms with Gasteiger partial charge in [0.25, 0.3) is 0 Å². The van der Waals surface area contributed by atoms with Gasteiger partial charge >= 0.3 is 11.9 Å². The molecule has 0 aliphatic rings. The molecular formula is C13H18N2O5S. The maximum Gasteiger partial charge on any atom is 0.341 e. The molecule has 0 radical (unpaired) electrons. The van der Waals surface area contributed by atoms with E-state index in [2.05, 4.69) is 5.32 Å². The largest absolute Gasteiger partial charge is 0.481 e. The predicted molar refractivity (Wildman–Crippen MR) is 78.5 cm³/mol. The van der Waals surface area contributed by atoms with Crippen molar-refractivity contribution in [2.45, 2.75) is 32.7 Å². The lowest BCUT2D eigenvalue weighted by Crippen LogP contribution is -2.36. The number of carbonyl (C=O) groups is 3. The van der Waals surface area contributed by atoms with Crippen LogP contribution in [0.5, 0.6) is 0 Å². The maximum absolute atomic E-state index is 11.9. The summed E-state index contributed by atoms with van der Waals surface area (Å²) in [5.74, 6) is -2.06. The number of ether oxygens (including phenoxy) is 1. The van der Waals surface area contributed by atoms with Crippen molar-refractivity contribution < 1.29 is 24.2 Å². The number of nitrogens with two attached hydrogens (primary N) is 1. The summed E-state index contributed by atoms with van der Waals surface area (Å²) in [6, 6.07) is 0.680. The van der Waals surface area contributed by atoms with E-state index in [1.165, 1.54) is 11.3 Å². The summed E-state index contributed by atoms with van der Waals surface area (Å²) >= 11 is 1.23. The number of rotatable bonds is 7. The van der Waals surface area contributed by atoms with Gasteiger partial charge in [0, 0.05) is 11.3 Å². The number of nitrogens with one attached hydrogen (secondary N) is 1. The van der Waals surface area contributed by atoms with Crippen LogP contribution in [0.4, 0.5) is 5.00 Å². The molecule has 8 heteroatoms. The summed E-state index contributed by atoms with van der Waals surface area (Å²) in [7, 11) is 0. The van der Waals surface area contributed by atoms with Gasteiger partial charge in [0.1, 0.15) is 5.00 Å². The zero-order valence-electron chi connectivity index (χ0n) is 11.8. The molecule has 1 aromatic rings. The minimum atomic E-state index is -1.02. The number of aryl methyl sites for hydroxylation is 1. The molecule has 0 aromatic carbocycles. The summed E-state index contributed by atoms with van der Waals surface area (Å²) in [4.78, 5) is 35.0. The molecule has 0 bridgehead atoms. The second-order valence-corrected chi connectivity index (χ2v) is 5.60. The standard InChI is InChI=1S/C13H18N2O5S/c1-3-20-13(19)8-6-7(2)21-12(8)15-11(18)9(14)4-5-10(16)17/h6,9H,3-5,14H2,1-2H3,(H,15,18)(H,16,17). The molecule has 7 nitrogen and oxygen atoms in total. The number of aliphatic carboxylic acids is 1. The van der Waals surface area contributed by atoms with E-state index in [0.717, 1.165) is 4.88 Å². The Morgan fingerprint density at radius 3 is 2.71 bits per heavy atom. The van der Waals surface area contributed by atoms with Crippen LogP contribution in [0.1, 0.15) is 35.0 Å².